The van der Waals surface area contributed by atoms with Gasteiger partial charge in [-0.25, -0.2) is 4.39 Å². The monoisotopic (exact) mass is 390 g/mol. The molecule has 0 N–H and O–H groups in total. The first-order valence-electron chi connectivity index (χ1n) is 8.97. The molecule has 4 rings (SSSR count). The van der Waals surface area contributed by atoms with Crippen LogP contribution in [-0.2, 0) is 0 Å². The number of hydrogen-bond donors (Lipinski definition) is 0. The number of pyridine rings is 1. The Morgan fingerprint density at radius 2 is 1.75 bits per heavy atom. The molecule has 0 saturated carbocycles. The van der Waals surface area contributed by atoms with Gasteiger partial charge in [-0.1, -0.05) is 47.7 Å². The number of aryl methyl sites for hydroxylation is 1. The molecule has 0 aliphatic carbocycles. The van der Waals surface area contributed by atoms with Crippen molar-refractivity contribution in [3.63, 3.8) is 0 Å². The summed E-state index contributed by atoms with van der Waals surface area (Å²) in [6, 6.07) is 18.7. The van der Waals surface area contributed by atoms with Crippen LogP contribution in [0.3, 0.4) is 0 Å². The average molecular weight is 390 g/mol. The summed E-state index contributed by atoms with van der Waals surface area (Å²) in [5.41, 5.74) is 3.58. The fraction of sp³-hybridized carbons (Fsp3) is 0.136. The minimum atomic E-state index is -0.319. The van der Waals surface area contributed by atoms with E-state index in [1.165, 1.54) is 6.07 Å². The summed E-state index contributed by atoms with van der Waals surface area (Å²) >= 11 is 1.57. The maximum atomic E-state index is 14.5. The maximum absolute atomic E-state index is 14.5. The minimum Gasteiger partial charge on any atom is -0.270 e. The second-order valence-corrected chi connectivity index (χ2v) is 7.81. The number of hydrogen-bond acceptors (Lipinski definition) is 4. The molecule has 0 radical (unpaired) electrons. The van der Waals surface area contributed by atoms with Crippen molar-refractivity contribution in [3.8, 4) is 17.1 Å². The third kappa shape index (κ3) is 3.68. The molecule has 2 aromatic carbocycles. The number of nitrogens with zero attached hydrogens (tertiary/aromatic N) is 4. The third-order valence-electron chi connectivity index (χ3n) is 4.48. The van der Waals surface area contributed by atoms with Gasteiger partial charge in [-0.3, -0.25) is 9.55 Å². The zero-order chi connectivity index (χ0) is 19.5. The number of aromatic nitrogens is 4. The maximum Gasteiger partial charge on any atom is 0.196 e. The van der Waals surface area contributed by atoms with Gasteiger partial charge in [0, 0.05) is 23.3 Å². The Morgan fingerprint density at radius 3 is 2.46 bits per heavy atom. The predicted octanol–water partition coefficient (Wildman–Crippen LogP) is 5.63. The van der Waals surface area contributed by atoms with Gasteiger partial charge in [0.2, 0.25) is 0 Å². The molecular weight excluding hydrogens is 371 g/mol. The van der Waals surface area contributed by atoms with E-state index in [-0.39, 0.29) is 11.1 Å². The zero-order valence-corrected chi connectivity index (χ0v) is 16.4. The molecule has 0 bridgehead atoms. The van der Waals surface area contributed by atoms with Crippen molar-refractivity contribution in [3.05, 3.63) is 90.0 Å². The lowest BCUT2D eigenvalue weighted by molar-refractivity contribution is 0.629. The van der Waals surface area contributed by atoms with Crippen molar-refractivity contribution in [1.29, 1.82) is 0 Å². The largest absolute Gasteiger partial charge is 0.270 e. The quantitative estimate of drug-likeness (QED) is 0.414. The molecule has 4 nitrogen and oxygen atoms in total. The van der Waals surface area contributed by atoms with Crippen LogP contribution in [0.25, 0.3) is 17.1 Å². The van der Waals surface area contributed by atoms with Crippen molar-refractivity contribution in [2.24, 2.45) is 0 Å². The Balaban J connectivity index is 1.81. The summed E-state index contributed by atoms with van der Waals surface area (Å²) in [4.78, 5) is 4.20. The van der Waals surface area contributed by atoms with Crippen molar-refractivity contribution >= 4 is 11.8 Å². The Morgan fingerprint density at radius 1 is 0.964 bits per heavy atom. The lowest BCUT2D eigenvalue weighted by atomic mass is 10.2. The highest BCUT2D eigenvalue weighted by Crippen LogP contribution is 2.37. The van der Waals surface area contributed by atoms with Crippen LogP contribution in [0.2, 0.25) is 0 Å². The first kappa shape index (κ1) is 18.4. The Kier molecular flexibility index (Phi) is 5.21. The topological polar surface area (TPSA) is 43.6 Å². The van der Waals surface area contributed by atoms with Crippen LogP contribution < -0.4 is 0 Å². The smallest absolute Gasteiger partial charge is 0.196 e. The van der Waals surface area contributed by atoms with Crippen LogP contribution >= 0.6 is 11.8 Å². The Labute approximate surface area is 167 Å². The standard InChI is InChI=1S/C22H19FN4S/c1-15-9-11-18(12-10-15)27-21(19-7-3-4-8-20(19)23)25-26-22(27)28-16(2)17-6-5-13-24-14-17/h3-14,16H,1-2H3. The normalized spacial score (nSPS) is 12.1. The van der Waals surface area contributed by atoms with Crippen LogP contribution in [0, 0.1) is 12.7 Å². The van der Waals surface area contributed by atoms with Crippen LogP contribution in [0.15, 0.2) is 78.2 Å². The molecule has 0 spiro atoms. The molecule has 28 heavy (non-hydrogen) atoms. The van der Waals surface area contributed by atoms with Crippen molar-refractivity contribution in [2.75, 3.05) is 0 Å². The van der Waals surface area contributed by atoms with Gasteiger partial charge in [0.25, 0.3) is 0 Å². The predicted molar refractivity (Wildman–Crippen MR) is 110 cm³/mol. The van der Waals surface area contributed by atoms with Gasteiger partial charge in [-0.15, -0.1) is 10.2 Å². The van der Waals surface area contributed by atoms with E-state index in [1.807, 2.05) is 54.1 Å². The van der Waals surface area contributed by atoms with Gasteiger partial charge in [-0.2, -0.15) is 0 Å². The number of thioether (sulfide) groups is 1. The van der Waals surface area contributed by atoms with Crippen LogP contribution in [-0.4, -0.2) is 19.7 Å². The van der Waals surface area contributed by atoms with E-state index in [4.69, 9.17) is 0 Å². The van der Waals surface area contributed by atoms with Crippen LogP contribution in [0.4, 0.5) is 4.39 Å². The molecular formula is C22H19FN4S. The van der Waals surface area contributed by atoms with E-state index in [2.05, 4.69) is 22.1 Å². The highest BCUT2D eigenvalue weighted by molar-refractivity contribution is 7.99. The van der Waals surface area contributed by atoms with Crippen LogP contribution in [0.1, 0.15) is 23.3 Å². The van der Waals surface area contributed by atoms with Crippen LogP contribution in [0.5, 0.6) is 0 Å². The first-order chi connectivity index (χ1) is 13.6. The highest BCUT2D eigenvalue weighted by atomic mass is 32.2. The molecule has 0 aliphatic heterocycles. The highest BCUT2D eigenvalue weighted by Gasteiger charge is 2.20. The van der Waals surface area contributed by atoms with E-state index in [1.54, 1.807) is 36.2 Å². The number of rotatable bonds is 5. The SMILES string of the molecule is Cc1ccc(-n2c(SC(C)c3cccnc3)nnc2-c2ccccc2F)cc1. The summed E-state index contributed by atoms with van der Waals surface area (Å²) in [7, 11) is 0. The first-order valence-corrected chi connectivity index (χ1v) is 9.85. The Bertz CT molecular complexity index is 1080. The van der Waals surface area contributed by atoms with Gasteiger partial charge in [-0.05, 0) is 49.7 Å². The van der Waals surface area contributed by atoms with Crippen molar-refractivity contribution < 1.29 is 4.39 Å². The van der Waals surface area contributed by atoms with E-state index in [0.29, 0.717) is 16.5 Å². The second kappa shape index (κ2) is 7.94. The fourth-order valence-electron chi connectivity index (χ4n) is 2.93. The molecule has 0 aliphatic rings. The van der Waals surface area contributed by atoms with Gasteiger partial charge < -0.3 is 0 Å². The second-order valence-electron chi connectivity index (χ2n) is 6.50. The lowest BCUT2D eigenvalue weighted by Crippen LogP contribution is -2.02. The molecule has 0 amide bonds. The summed E-state index contributed by atoms with van der Waals surface area (Å²) < 4.78 is 16.4. The molecule has 140 valence electrons. The average Bonchev–Trinajstić information content (AvgIpc) is 3.13. The van der Waals surface area contributed by atoms with E-state index < -0.39 is 0 Å². The molecule has 1 atom stereocenters. The lowest BCUT2D eigenvalue weighted by Gasteiger charge is -2.14. The molecule has 6 heteroatoms. The van der Waals surface area contributed by atoms with E-state index >= 15 is 0 Å². The zero-order valence-electron chi connectivity index (χ0n) is 15.6. The molecule has 1 unspecified atom stereocenters. The number of halogens is 1. The fourth-order valence-corrected chi connectivity index (χ4v) is 3.91. The summed E-state index contributed by atoms with van der Waals surface area (Å²) in [6.45, 7) is 4.13. The van der Waals surface area contributed by atoms with E-state index in [0.717, 1.165) is 16.8 Å². The molecule has 0 fully saturated rings. The molecule has 4 aromatic rings. The van der Waals surface area contributed by atoms with Gasteiger partial charge in [0.15, 0.2) is 11.0 Å². The number of benzene rings is 2. The molecule has 2 heterocycles. The molecule has 2 aromatic heterocycles. The van der Waals surface area contributed by atoms with Gasteiger partial charge in [0.05, 0.1) is 5.56 Å². The third-order valence-corrected chi connectivity index (χ3v) is 5.58. The minimum absolute atomic E-state index is 0.121. The Hall–Kier alpha value is -2.99. The summed E-state index contributed by atoms with van der Waals surface area (Å²) in [6.07, 6.45) is 3.61. The summed E-state index contributed by atoms with van der Waals surface area (Å²) in [5, 5.41) is 9.54. The van der Waals surface area contributed by atoms with Crippen molar-refractivity contribution in [2.45, 2.75) is 24.3 Å². The van der Waals surface area contributed by atoms with E-state index in [9.17, 15) is 4.39 Å². The van der Waals surface area contributed by atoms with Crippen molar-refractivity contribution in [1.82, 2.24) is 19.7 Å². The van der Waals surface area contributed by atoms with Gasteiger partial charge >= 0.3 is 0 Å². The summed E-state index contributed by atoms with van der Waals surface area (Å²) in [5.74, 6) is 0.169. The van der Waals surface area contributed by atoms with Gasteiger partial charge in [0.1, 0.15) is 5.82 Å². The molecule has 0 saturated heterocycles.